The molecular weight excluding hydrogens is 428 g/mol. The van der Waals surface area contributed by atoms with Gasteiger partial charge in [-0.05, 0) is 28.7 Å². The molecule has 0 aromatic heterocycles. The van der Waals surface area contributed by atoms with Crippen LogP contribution in [0.3, 0.4) is 0 Å². The van der Waals surface area contributed by atoms with E-state index in [2.05, 4.69) is 29.6 Å². The molecule has 0 fully saturated rings. The van der Waals surface area contributed by atoms with Gasteiger partial charge in [0.05, 0.1) is 5.75 Å². The molecular formula is C24H28N2O5S. The first kappa shape index (κ1) is 23.7. The number of aliphatic carboxylic acids is 1. The van der Waals surface area contributed by atoms with Crippen molar-refractivity contribution in [1.82, 2.24) is 10.2 Å². The number of hydrogen-bond acceptors (Lipinski definition) is 5. The van der Waals surface area contributed by atoms with E-state index >= 15 is 0 Å². The van der Waals surface area contributed by atoms with Crippen LogP contribution in [0.25, 0.3) is 11.1 Å². The molecule has 0 saturated heterocycles. The Morgan fingerprint density at radius 3 is 2.28 bits per heavy atom. The second-order valence-electron chi connectivity index (χ2n) is 7.51. The summed E-state index contributed by atoms with van der Waals surface area (Å²) in [6.45, 7) is 2.65. The highest BCUT2D eigenvalue weighted by Gasteiger charge is 2.28. The Bertz CT molecular complexity index is 919. The van der Waals surface area contributed by atoms with Gasteiger partial charge in [-0.2, -0.15) is 11.8 Å². The number of nitrogens with one attached hydrogen (secondary N) is 1. The molecule has 1 aliphatic carbocycles. The van der Waals surface area contributed by atoms with E-state index in [9.17, 15) is 14.4 Å². The zero-order valence-electron chi connectivity index (χ0n) is 18.1. The van der Waals surface area contributed by atoms with Gasteiger partial charge in [0.25, 0.3) is 0 Å². The molecule has 1 aliphatic rings. The fourth-order valence-corrected chi connectivity index (χ4v) is 4.60. The maximum absolute atomic E-state index is 12.2. The van der Waals surface area contributed by atoms with E-state index in [1.165, 1.54) is 27.8 Å². The van der Waals surface area contributed by atoms with Crippen LogP contribution < -0.4 is 5.32 Å². The van der Waals surface area contributed by atoms with E-state index in [-0.39, 0.29) is 30.7 Å². The van der Waals surface area contributed by atoms with Gasteiger partial charge in [0, 0.05) is 24.8 Å². The fourth-order valence-electron chi connectivity index (χ4n) is 3.85. The van der Waals surface area contributed by atoms with Crippen LogP contribution in [0, 0.1) is 0 Å². The Morgan fingerprint density at radius 2 is 1.69 bits per heavy atom. The van der Waals surface area contributed by atoms with E-state index in [4.69, 9.17) is 9.84 Å². The number of benzene rings is 2. The number of rotatable bonds is 11. The van der Waals surface area contributed by atoms with Crippen molar-refractivity contribution in [2.24, 2.45) is 0 Å². The standard InChI is InChI=1S/C24H28N2O5S/c1-2-12-26(14-23(28)29)22(27)16-32-13-11-25-24(30)31-15-21-19-9-5-3-7-17(19)18-8-4-6-10-20(18)21/h3-10,21H,2,11-16H2,1H3,(H,25,30)(H,28,29). The van der Waals surface area contributed by atoms with Gasteiger partial charge in [0.1, 0.15) is 13.2 Å². The molecule has 2 aromatic carbocycles. The third-order valence-corrected chi connectivity index (χ3v) is 6.20. The monoisotopic (exact) mass is 456 g/mol. The van der Waals surface area contributed by atoms with Gasteiger partial charge in [-0.3, -0.25) is 9.59 Å². The lowest BCUT2D eigenvalue weighted by molar-refractivity contribution is -0.143. The minimum atomic E-state index is -1.02. The van der Waals surface area contributed by atoms with Gasteiger partial charge in [-0.25, -0.2) is 4.79 Å². The smallest absolute Gasteiger partial charge is 0.407 e. The number of amides is 2. The van der Waals surface area contributed by atoms with E-state index in [1.807, 2.05) is 31.2 Å². The summed E-state index contributed by atoms with van der Waals surface area (Å²) >= 11 is 1.35. The number of ether oxygens (including phenoxy) is 1. The van der Waals surface area contributed by atoms with E-state index in [0.717, 1.165) is 11.1 Å². The van der Waals surface area contributed by atoms with Crippen LogP contribution in [0.2, 0.25) is 0 Å². The average Bonchev–Trinajstić information content (AvgIpc) is 3.10. The molecule has 3 rings (SSSR count). The number of carbonyl (C=O) groups is 3. The second-order valence-corrected chi connectivity index (χ2v) is 8.62. The molecule has 0 unspecified atom stereocenters. The molecule has 0 spiro atoms. The van der Waals surface area contributed by atoms with Gasteiger partial charge in [-0.15, -0.1) is 0 Å². The zero-order valence-corrected chi connectivity index (χ0v) is 18.9. The summed E-state index contributed by atoms with van der Waals surface area (Å²) in [6, 6.07) is 16.3. The lowest BCUT2D eigenvalue weighted by Crippen LogP contribution is -2.37. The van der Waals surface area contributed by atoms with Gasteiger partial charge in [0.2, 0.25) is 5.91 Å². The Balaban J connectivity index is 1.40. The van der Waals surface area contributed by atoms with Crippen LogP contribution in [0.5, 0.6) is 0 Å². The van der Waals surface area contributed by atoms with Crippen LogP contribution in [-0.4, -0.2) is 65.7 Å². The lowest BCUT2D eigenvalue weighted by Gasteiger charge is -2.19. The molecule has 170 valence electrons. The van der Waals surface area contributed by atoms with Crippen molar-refractivity contribution in [2.75, 3.05) is 37.7 Å². The highest BCUT2D eigenvalue weighted by molar-refractivity contribution is 7.99. The molecule has 2 amide bonds. The van der Waals surface area contributed by atoms with Crippen molar-refractivity contribution in [1.29, 1.82) is 0 Å². The number of nitrogens with zero attached hydrogens (tertiary/aromatic N) is 1. The summed E-state index contributed by atoms with van der Waals surface area (Å²) in [5, 5.41) is 11.6. The summed E-state index contributed by atoms with van der Waals surface area (Å²) in [5.74, 6) is -0.504. The Hall–Kier alpha value is -3.00. The molecule has 0 radical (unpaired) electrons. The highest BCUT2D eigenvalue weighted by atomic mass is 32.2. The van der Waals surface area contributed by atoms with Crippen molar-refractivity contribution in [2.45, 2.75) is 19.3 Å². The molecule has 7 nitrogen and oxygen atoms in total. The predicted molar refractivity (Wildman–Crippen MR) is 125 cm³/mol. The summed E-state index contributed by atoms with van der Waals surface area (Å²) < 4.78 is 5.48. The normalized spacial score (nSPS) is 12.0. The fraction of sp³-hybridized carbons (Fsp3) is 0.375. The molecule has 32 heavy (non-hydrogen) atoms. The average molecular weight is 457 g/mol. The third-order valence-electron chi connectivity index (χ3n) is 5.26. The minimum absolute atomic E-state index is 0.0129. The SMILES string of the molecule is CCCN(CC(=O)O)C(=O)CSCCNC(=O)OCC1c2ccccc2-c2ccccc21. The lowest BCUT2D eigenvalue weighted by atomic mass is 9.98. The molecule has 2 aromatic rings. The number of carboxylic acid groups (broad SMARTS) is 1. The van der Waals surface area contributed by atoms with E-state index < -0.39 is 12.1 Å². The van der Waals surface area contributed by atoms with Gasteiger partial charge in [-0.1, -0.05) is 55.5 Å². The van der Waals surface area contributed by atoms with Crippen molar-refractivity contribution >= 4 is 29.7 Å². The summed E-state index contributed by atoms with van der Waals surface area (Å²) in [7, 11) is 0. The molecule has 0 saturated carbocycles. The van der Waals surface area contributed by atoms with Crippen LogP contribution >= 0.6 is 11.8 Å². The molecule has 0 heterocycles. The van der Waals surface area contributed by atoms with Crippen molar-refractivity contribution in [3.05, 3.63) is 59.7 Å². The molecule has 0 aliphatic heterocycles. The molecule has 0 bridgehead atoms. The first-order valence-corrected chi connectivity index (χ1v) is 11.8. The largest absolute Gasteiger partial charge is 0.480 e. The third kappa shape index (κ3) is 6.03. The van der Waals surface area contributed by atoms with Crippen LogP contribution in [-0.2, 0) is 14.3 Å². The van der Waals surface area contributed by atoms with Gasteiger partial charge >= 0.3 is 12.1 Å². The van der Waals surface area contributed by atoms with Crippen molar-refractivity contribution < 1.29 is 24.2 Å². The number of carboxylic acids is 1. The quantitative estimate of drug-likeness (QED) is 0.502. The number of hydrogen-bond donors (Lipinski definition) is 2. The van der Waals surface area contributed by atoms with Crippen LogP contribution in [0.15, 0.2) is 48.5 Å². The summed E-state index contributed by atoms with van der Waals surface area (Å²) in [6.07, 6.45) is 0.213. The molecule has 8 heteroatoms. The first-order chi connectivity index (χ1) is 15.5. The molecule has 2 N–H and O–H groups in total. The predicted octanol–water partition coefficient (Wildman–Crippen LogP) is 3.58. The van der Waals surface area contributed by atoms with E-state index in [0.29, 0.717) is 25.3 Å². The summed E-state index contributed by atoms with van der Waals surface area (Å²) in [4.78, 5) is 36.5. The first-order valence-electron chi connectivity index (χ1n) is 10.7. The van der Waals surface area contributed by atoms with Crippen LogP contribution in [0.4, 0.5) is 4.79 Å². The Morgan fingerprint density at radius 1 is 1.06 bits per heavy atom. The Kier molecular flexibility index (Phi) is 8.56. The van der Waals surface area contributed by atoms with E-state index in [1.54, 1.807) is 0 Å². The topological polar surface area (TPSA) is 95.9 Å². The number of fused-ring (bicyclic) bond motifs is 3. The molecule has 0 atom stereocenters. The number of carbonyl (C=O) groups excluding carboxylic acids is 2. The van der Waals surface area contributed by atoms with Crippen molar-refractivity contribution in [3.8, 4) is 11.1 Å². The summed E-state index contributed by atoms with van der Waals surface area (Å²) in [5.41, 5.74) is 4.68. The Labute approximate surface area is 192 Å². The minimum Gasteiger partial charge on any atom is -0.480 e. The zero-order chi connectivity index (χ0) is 22.9. The number of thioether (sulfide) groups is 1. The highest BCUT2D eigenvalue weighted by Crippen LogP contribution is 2.44. The van der Waals surface area contributed by atoms with Gasteiger partial charge < -0.3 is 20.1 Å². The number of alkyl carbamates (subject to hydrolysis) is 1. The van der Waals surface area contributed by atoms with Crippen LogP contribution in [0.1, 0.15) is 30.4 Å². The van der Waals surface area contributed by atoms with Crippen molar-refractivity contribution in [3.63, 3.8) is 0 Å². The maximum atomic E-state index is 12.2. The second kappa shape index (κ2) is 11.6. The van der Waals surface area contributed by atoms with Gasteiger partial charge in [0.15, 0.2) is 0 Å². The maximum Gasteiger partial charge on any atom is 0.407 e.